The van der Waals surface area contributed by atoms with Crippen LogP contribution in [0.3, 0.4) is 0 Å². The van der Waals surface area contributed by atoms with Gasteiger partial charge in [0.15, 0.2) is 11.9 Å². The SMILES string of the molecule is C[C@]1(F)[C@H](n2cc(Br)c(=O)[nH]c2=O)OCC1(O)CO. The van der Waals surface area contributed by atoms with Gasteiger partial charge in [0.25, 0.3) is 5.56 Å². The fourth-order valence-corrected chi connectivity index (χ4v) is 2.24. The molecule has 9 heteroatoms. The molecule has 1 saturated heterocycles. The molecule has 2 heterocycles. The van der Waals surface area contributed by atoms with Gasteiger partial charge in [0.05, 0.1) is 17.7 Å². The van der Waals surface area contributed by atoms with Crippen LogP contribution in [0.5, 0.6) is 0 Å². The highest BCUT2D eigenvalue weighted by Crippen LogP contribution is 2.43. The molecule has 1 aromatic rings. The van der Waals surface area contributed by atoms with E-state index in [0.717, 1.165) is 17.7 Å². The van der Waals surface area contributed by atoms with Crippen molar-refractivity contribution in [2.24, 2.45) is 0 Å². The second-order valence-electron chi connectivity index (χ2n) is 4.57. The minimum atomic E-state index is -2.40. The van der Waals surface area contributed by atoms with Crippen LogP contribution in [-0.2, 0) is 4.74 Å². The van der Waals surface area contributed by atoms with Crippen molar-refractivity contribution in [3.8, 4) is 0 Å². The van der Waals surface area contributed by atoms with Gasteiger partial charge in [-0.1, -0.05) is 0 Å². The molecule has 3 N–H and O–H groups in total. The van der Waals surface area contributed by atoms with Crippen LogP contribution in [0.2, 0.25) is 0 Å². The summed E-state index contributed by atoms with van der Waals surface area (Å²) in [6.07, 6.45) is -0.377. The van der Waals surface area contributed by atoms with E-state index in [0.29, 0.717) is 0 Å². The first-order valence-corrected chi connectivity index (χ1v) is 6.17. The zero-order valence-electron chi connectivity index (χ0n) is 9.89. The zero-order valence-corrected chi connectivity index (χ0v) is 11.5. The second kappa shape index (κ2) is 4.51. The van der Waals surface area contributed by atoms with Crippen LogP contribution in [0.15, 0.2) is 20.3 Å². The topological polar surface area (TPSA) is 105 Å². The Bertz CT molecular complexity index is 613. The summed E-state index contributed by atoms with van der Waals surface area (Å²) in [6.45, 7) is -0.299. The minimum Gasteiger partial charge on any atom is -0.393 e. The number of rotatable bonds is 2. The Morgan fingerprint density at radius 1 is 1.68 bits per heavy atom. The molecule has 1 unspecified atom stereocenters. The summed E-state index contributed by atoms with van der Waals surface area (Å²) in [7, 11) is 0. The molecule has 1 aliphatic heterocycles. The van der Waals surface area contributed by atoms with Crippen LogP contribution in [0.1, 0.15) is 13.2 Å². The van der Waals surface area contributed by atoms with Crippen LogP contribution in [0, 0.1) is 0 Å². The summed E-state index contributed by atoms with van der Waals surface area (Å²) < 4.78 is 20.5. The Hall–Kier alpha value is -1.03. The van der Waals surface area contributed by atoms with E-state index < -0.39 is 42.0 Å². The highest BCUT2D eigenvalue weighted by molar-refractivity contribution is 9.10. The summed E-state index contributed by atoms with van der Waals surface area (Å²) in [4.78, 5) is 24.9. The van der Waals surface area contributed by atoms with E-state index >= 15 is 0 Å². The highest BCUT2D eigenvalue weighted by atomic mass is 79.9. The molecule has 0 amide bonds. The molecule has 0 aromatic carbocycles. The number of ether oxygens (including phenoxy) is 1. The molecule has 1 fully saturated rings. The van der Waals surface area contributed by atoms with Gasteiger partial charge in [-0.25, -0.2) is 9.18 Å². The van der Waals surface area contributed by atoms with Gasteiger partial charge in [0.1, 0.15) is 5.60 Å². The lowest BCUT2D eigenvalue weighted by Gasteiger charge is -2.32. The van der Waals surface area contributed by atoms with E-state index in [1.165, 1.54) is 0 Å². The van der Waals surface area contributed by atoms with Gasteiger partial charge in [-0.3, -0.25) is 14.3 Å². The average Bonchev–Trinajstić information content (AvgIpc) is 2.57. The largest absolute Gasteiger partial charge is 0.393 e. The third-order valence-corrected chi connectivity index (χ3v) is 3.86. The second-order valence-corrected chi connectivity index (χ2v) is 5.43. The lowest BCUT2D eigenvalue weighted by molar-refractivity contribution is -0.109. The van der Waals surface area contributed by atoms with Crippen molar-refractivity contribution in [3.05, 3.63) is 31.5 Å². The molecule has 0 bridgehead atoms. The van der Waals surface area contributed by atoms with Gasteiger partial charge in [0, 0.05) is 6.20 Å². The van der Waals surface area contributed by atoms with Crippen molar-refractivity contribution in [1.82, 2.24) is 9.55 Å². The van der Waals surface area contributed by atoms with E-state index in [9.17, 15) is 19.1 Å². The van der Waals surface area contributed by atoms with E-state index in [4.69, 9.17) is 9.84 Å². The molecule has 2 rings (SSSR count). The maximum Gasteiger partial charge on any atom is 0.330 e. The van der Waals surface area contributed by atoms with Crippen molar-refractivity contribution < 1.29 is 19.3 Å². The number of nitrogens with zero attached hydrogens (tertiary/aromatic N) is 1. The standard InChI is InChI=1S/C10H12BrFN2O5/c1-9(12)7(19-4-10(9,18)3-15)14-2-5(11)6(16)13-8(14)17/h2,7,15,18H,3-4H2,1H3,(H,13,16,17)/t7-,9+,10?/m1/s1. The first kappa shape index (κ1) is 14.4. The fourth-order valence-electron chi connectivity index (χ4n) is 1.92. The molecule has 0 spiro atoms. The summed E-state index contributed by atoms with van der Waals surface area (Å²) in [5.74, 6) is 0. The number of hydrogen-bond donors (Lipinski definition) is 3. The summed E-state index contributed by atoms with van der Waals surface area (Å²) in [5.41, 5.74) is -6.04. The van der Waals surface area contributed by atoms with Gasteiger partial charge in [-0.2, -0.15) is 0 Å². The Morgan fingerprint density at radius 3 is 2.84 bits per heavy atom. The van der Waals surface area contributed by atoms with Crippen LogP contribution >= 0.6 is 15.9 Å². The first-order valence-electron chi connectivity index (χ1n) is 5.37. The Kier molecular flexibility index (Phi) is 3.42. The van der Waals surface area contributed by atoms with Crippen LogP contribution < -0.4 is 11.2 Å². The molecule has 1 aliphatic rings. The molecular weight excluding hydrogens is 327 g/mol. The highest BCUT2D eigenvalue weighted by Gasteiger charge is 2.60. The molecule has 0 radical (unpaired) electrons. The number of aromatic nitrogens is 2. The number of aliphatic hydroxyl groups excluding tert-OH is 1. The maximum atomic E-state index is 14.6. The summed E-state index contributed by atoms with van der Waals surface area (Å²) >= 11 is 2.92. The Balaban J connectivity index is 2.53. The van der Waals surface area contributed by atoms with Crippen molar-refractivity contribution >= 4 is 15.9 Å². The van der Waals surface area contributed by atoms with E-state index in [-0.39, 0.29) is 4.47 Å². The molecule has 0 saturated carbocycles. The minimum absolute atomic E-state index is 0.0194. The predicted octanol–water partition coefficient (Wildman–Crippen LogP) is -0.721. The smallest absolute Gasteiger partial charge is 0.330 e. The van der Waals surface area contributed by atoms with Gasteiger partial charge >= 0.3 is 5.69 Å². The van der Waals surface area contributed by atoms with E-state index in [1.54, 1.807) is 0 Å². The van der Waals surface area contributed by atoms with Crippen molar-refractivity contribution in [2.75, 3.05) is 13.2 Å². The van der Waals surface area contributed by atoms with Gasteiger partial charge in [-0.05, 0) is 22.9 Å². The molecule has 1 aromatic heterocycles. The van der Waals surface area contributed by atoms with Gasteiger partial charge in [0.2, 0.25) is 0 Å². The predicted molar refractivity (Wildman–Crippen MR) is 65.6 cm³/mol. The molecule has 106 valence electrons. The molecule has 3 atom stereocenters. The number of alkyl halides is 1. The molecule has 7 nitrogen and oxygen atoms in total. The Labute approximate surface area is 114 Å². The quantitative estimate of drug-likeness (QED) is 0.660. The van der Waals surface area contributed by atoms with Crippen LogP contribution in [-0.4, -0.2) is 44.2 Å². The normalized spacial score (nSPS) is 34.7. The van der Waals surface area contributed by atoms with Crippen molar-refractivity contribution in [3.63, 3.8) is 0 Å². The number of H-pyrrole nitrogens is 1. The summed E-state index contributed by atoms with van der Waals surface area (Å²) in [5, 5.41) is 19.0. The third-order valence-electron chi connectivity index (χ3n) is 3.29. The molecule has 19 heavy (non-hydrogen) atoms. The third kappa shape index (κ3) is 2.06. The first-order chi connectivity index (χ1) is 8.73. The average molecular weight is 339 g/mol. The van der Waals surface area contributed by atoms with Gasteiger partial charge < -0.3 is 14.9 Å². The van der Waals surface area contributed by atoms with Crippen LogP contribution in [0.4, 0.5) is 4.39 Å². The van der Waals surface area contributed by atoms with Crippen LogP contribution in [0.25, 0.3) is 0 Å². The maximum absolute atomic E-state index is 14.6. The van der Waals surface area contributed by atoms with Gasteiger partial charge in [-0.15, -0.1) is 0 Å². The van der Waals surface area contributed by atoms with Crippen molar-refractivity contribution in [1.29, 1.82) is 0 Å². The monoisotopic (exact) mass is 338 g/mol. The number of halogens is 2. The zero-order chi connectivity index (χ0) is 14.4. The number of nitrogens with one attached hydrogen (secondary N) is 1. The van der Waals surface area contributed by atoms with E-state index in [2.05, 4.69) is 15.9 Å². The Morgan fingerprint density at radius 2 is 2.32 bits per heavy atom. The molecule has 0 aliphatic carbocycles. The lowest BCUT2D eigenvalue weighted by atomic mass is 9.88. The fraction of sp³-hybridized carbons (Fsp3) is 0.600. The number of hydrogen-bond acceptors (Lipinski definition) is 5. The van der Waals surface area contributed by atoms with Crippen molar-refractivity contribution in [2.45, 2.75) is 24.4 Å². The molecular formula is C10H12BrFN2O5. The number of aromatic amines is 1. The lowest BCUT2D eigenvalue weighted by Crippen LogP contribution is -2.53. The number of aliphatic hydroxyl groups is 2. The summed E-state index contributed by atoms with van der Waals surface area (Å²) in [6, 6.07) is 0. The van der Waals surface area contributed by atoms with E-state index in [1.807, 2.05) is 4.98 Å².